The van der Waals surface area contributed by atoms with E-state index in [0.717, 1.165) is 6.42 Å². The molecule has 98 valence electrons. The van der Waals surface area contributed by atoms with E-state index in [1.165, 1.54) is 11.2 Å². The summed E-state index contributed by atoms with van der Waals surface area (Å²) in [5.74, 6) is -0.303. The van der Waals surface area contributed by atoms with Crippen LogP contribution in [0.15, 0.2) is 22.8 Å². The highest BCUT2D eigenvalue weighted by atomic mass is 16.4. The van der Waals surface area contributed by atoms with Gasteiger partial charge in [-0.3, -0.25) is 0 Å². The number of aliphatic carboxylic acids is 1. The van der Waals surface area contributed by atoms with Crippen molar-refractivity contribution >= 4 is 12.0 Å². The van der Waals surface area contributed by atoms with Gasteiger partial charge in [0.05, 0.1) is 12.3 Å². The van der Waals surface area contributed by atoms with E-state index in [0.29, 0.717) is 18.7 Å². The summed E-state index contributed by atoms with van der Waals surface area (Å²) in [6, 6.07) is 2.16. The summed E-state index contributed by atoms with van der Waals surface area (Å²) in [6.07, 6.45) is 2.77. The normalized spacial score (nSPS) is 20.7. The molecule has 1 saturated heterocycles. The van der Waals surface area contributed by atoms with Crippen molar-refractivity contribution in [2.45, 2.75) is 31.8 Å². The predicted octanol–water partition coefficient (Wildman–Crippen LogP) is 1.60. The van der Waals surface area contributed by atoms with E-state index in [1.807, 2.05) is 0 Å². The van der Waals surface area contributed by atoms with Gasteiger partial charge in [0.25, 0.3) is 0 Å². The molecule has 1 aromatic heterocycles. The van der Waals surface area contributed by atoms with Crippen molar-refractivity contribution < 1.29 is 19.1 Å². The van der Waals surface area contributed by atoms with Crippen LogP contribution in [-0.4, -0.2) is 34.6 Å². The van der Waals surface area contributed by atoms with Crippen LogP contribution in [-0.2, 0) is 4.79 Å². The van der Waals surface area contributed by atoms with Gasteiger partial charge in [-0.1, -0.05) is 0 Å². The van der Waals surface area contributed by atoms with Gasteiger partial charge >= 0.3 is 12.0 Å². The van der Waals surface area contributed by atoms with E-state index >= 15 is 0 Å². The standard InChI is InChI=1S/C12H16N2O4/c1-8(10-5-3-7-18-10)13-12(17)14-6-2-4-9(14)11(15)16/h3,5,7-9H,2,4,6H2,1H3,(H,13,17)(H,15,16)/t8?,9-/m0/s1. The van der Waals surface area contributed by atoms with Crippen molar-refractivity contribution in [3.05, 3.63) is 24.2 Å². The van der Waals surface area contributed by atoms with Crippen molar-refractivity contribution in [1.82, 2.24) is 10.2 Å². The van der Waals surface area contributed by atoms with Gasteiger partial charge in [0.15, 0.2) is 0 Å². The molecule has 1 fully saturated rings. The topological polar surface area (TPSA) is 82.8 Å². The molecule has 1 aliphatic rings. The number of nitrogens with zero attached hydrogens (tertiary/aromatic N) is 1. The Labute approximate surface area is 105 Å². The largest absolute Gasteiger partial charge is 0.480 e. The quantitative estimate of drug-likeness (QED) is 0.855. The van der Waals surface area contributed by atoms with Crippen LogP contribution in [0.4, 0.5) is 4.79 Å². The maximum absolute atomic E-state index is 12.0. The van der Waals surface area contributed by atoms with Crippen LogP contribution in [0, 0.1) is 0 Å². The summed E-state index contributed by atoms with van der Waals surface area (Å²) in [5.41, 5.74) is 0. The fourth-order valence-electron chi connectivity index (χ4n) is 2.14. The van der Waals surface area contributed by atoms with Crippen LogP contribution >= 0.6 is 0 Å². The SMILES string of the molecule is CC(NC(=O)N1CCC[C@H]1C(=O)O)c1ccco1. The minimum Gasteiger partial charge on any atom is -0.480 e. The fraction of sp³-hybridized carbons (Fsp3) is 0.500. The minimum atomic E-state index is -0.951. The van der Waals surface area contributed by atoms with Gasteiger partial charge in [0.2, 0.25) is 0 Å². The molecule has 18 heavy (non-hydrogen) atoms. The van der Waals surface area contributed by atoms with E-state index in [2.05, 4.69) is 5.32 Å². The third-order valence-corrected chi connectivity index (χ3v) is 3.11. The Bertz CT molecular complexity index is 429. The molecule has 0 aromatic carbocycles. The number of hydrogen-bond donors (Lipinski definition) is 2. The molecular formula is C12H16N2O4. The molecule has 1 unspecified atom stereocenters. The van der Waals surface area contributed by atoms with Crippen LogP contribution in [0.5, 0.6) is 0 Å². The Morgan fingerprint density at radius 2 is 2.39 bits per heavy atom. The molecule has 6 nitrogen and oxygen atoms in total. The number of likely N-dealkylation sites (tertiary alicyclic amines) is 1. The Morgan fingerprint density at radius 3 is 3.00 bits per heavy atom. The number of amides is 2. The summed E-state index contributed by atoms with van der Waals surface area (Å²) < 4.78 is 5.18. The number of carboxylic acids is 1. The summed E-state index contributed by atoms with van der Waals surface area (Å²) >= 11 is 0. The maximum atomic E-state index is 12.0. The monoisotopic (exact) mass is 252 g/mol. The lowest BCUT2D eigenvalue weighted by atomic mass is 10.2. The molecule has 2 heterocycles. The molecule has 2 N–H and O–H groups in total. The fourth-order valence-corrected chi connectivity index (χ4v) is 2.14. The van der Waals surface area contributed by atoms with Crippen LogP contribution in [0.3, 0.4) is 0 Å². The van der Waals surface area contributed by atoms with E-state index in [-0.39, 0.29) is 12.1 Å². The molecule has 0 saturated carbocycles. The van der Waals surface area contributed by atoms with Crippen molar-refractivity contribution in [3.63, 3.8) is 0 Å². The summed E-state index contributed by atoms with van der Waals surface area (Å²) in [4.78, 5) is 24.3. The number of carbonyl (C=O) groups excluding carboxylic acids is 1. The Balaban J connectivity index is 1.97. The Morgan fingerprint density at radius 1 is 1.61 bits per heavy atom. The highest BCUT2D eigenvalue weighted by Gasteiger charge is 2.34. The zero-order chi connectivity index (χ0) is 13.1. The summed E-state index contributed by atoms with van der Waals surface area (Å²) in [7, 11) is 0. The van der Waals surface area contributed by atoms with E-state index in [1.54, 1.807) is 19.1 Å². The highest BCUT2D eigenvalue weighted by Crippen LogP contribution is 2.19. The summed E-state index contributed by atoms with van der Waals surface area (Å²) in [5, 5.41) is 11.7. The Hall–Kier alpha value is -1.98. The number of carbonyl (C=O) groups is 2. The number of urea groups is 1. The number of rotatable bonds is 3. The first-order valence-electron chi connectivity index (χ1n) is 5.93. The molecule has 1 aliphatic heterocycles. The lowest BCUT2D eigenvalue weighted by Crippen LogP contribution is -2.46. The van der Waals surface area contributed by atoms with E-state index in [4.69, 9.17) is 9.52 Å². The number of hydrogen-bond acceptors (Lipinski definition) is 3. The van der Waals surface area contributed by atoms with Gasteiger partial charge in [-0.15, -0.1) is 0 Å². The molecule has 0 radical (unpaired) electrons. The molecule has 0 bridgehead atoms. The summed E-state index contributed by atoms with van der Waals surface area (Å²) in [6.45, 7) is 2.27. The van der Waals surface area contributed by atoms with Gasteiger partial charge in [-0.05, 0) is 31.9 Å². The number of carboxylic acid groups (broad SMARTS) is 1. The van der Waals surface area contributed by atoms with Crippen molar-refractivity contribution in [1.29, 1.82) is 0 Å². The van der Waals surface area contributed by atoms with Gasteiger partial charge in [0, 0.05) is 6.54 Å². The van der Waals surface area contributed by atoms with E-state index < -0.39 is 12.0 Å². The van der Waals surface area contributed by atoms with Crippen molar-refractivity contribution in [2.24, 2.45) is 0 Å². The second-order valence-electron chi connectivity index (χ2n) is 4.38. The van der Waals surface area contributed by atoms with E-state index in [9.17, 15) is 9.59 Å². The van der Waals surface area contributed by atoms with Crippen LogP contribution in [0.2, 0.25) is 0 Å². The lowest BCUT2D eigenvalue weighted by molar-refractivity contribution is -0.141. The minimum absolute atomic E-state index is 0.275. The third-order valence-electron chi connectivity index (χ3n) is 3.11. The molecule has 0 aliphatic carbocycles. The first kappa shape index (κ1) is 12.5. The second kappa shape index (κ2) is 5.12. The average Bonchev–Trinajstić information content (AvgIpc) is 3.00. The van der Waals surface area contributed by atoms with Crippen LogP contribution < -0.4 is 5.32 Å². The van der Waals surface area contributed by atoms with Gasteiger partial charge in [-0.25, -0.2) is 9.59 Å². The predicted molar refractivity (Wildman–Crippen MR) is 63.0 cm³/mol. The molecule has 2 amide bonds. The molecular weight excluding hydrogens is 236 g/mol. The Kier molecular flexibility index (Phi) is 3.55. The second-order valence-corrected chi connectivity index (χ2v) is 4.38. The third kappa shape index (κ3) is 2.47. The van der Waals surface area contributed by atoms with Gasteiger partial charge < -0.3 is 19.7 Å². The molecule has 6 heteroatoms. The molecule has 2 atom stereocenters. The van der Waals surface area contributed by atoms with Crippen LogP contribution in [0.25, 0.3) is 0 Å². The first-order chi connectivity index (χ1) is 8.59. The smallest absolute Gasteiger partial charge is 0.326 e. The molecule has 2 rings (SSSR count). The zero-order valence-corrected chi connectivity index (χ0v) is 10.1. The zero-order valence-electron chi connectivity index (χ0n) is 10.1. The van der Waals surface area contributed by atoms with Gasteiger partial charge in [-0.2, -0.15) is 0 Å². The van der Waals surface area contributed by atoms with Crippen molar-refractivity contribution in [3.8, 4) is 0 Å². The number of furan rings is 1. The highest BCUT2D eigenvalue weighted by molar-refractivity contribution is 5.83. The van der Waals surface area contributed by atoms with Gasteiger partial charge in [0.1, 0.15) is 11.8 Å². The molecule has 0 spiro atoms. The maximum Gasteiger partial charge on any atom is 0.326 e. The first-order valence-corrected chi connectivity index (χ1v) is 5.93. The number of nitrogens with one attached hydrogen (secondary N) is 1. The van der Waals surface area contributed by atoms with Crippen LogP contribution in [0.1, 0.15) is 31.6 Å². The van der Waals surface area contributed by atoms with Crippen molar-refractivity contribution in [2.75, 3.05) is 6.54 Å². The lowest BCUT2D eigenvalue weighted by Gasteiger charge is -2.23. The molecule has 1 aromatic rings. The average molecular weight is 252 g/mol.